The second-order valence-corrected chi connectivity index (χ2v) is 4.08. The van der Waals surface area contributed by atoms with Crippen LogP contribution in [0, 0.1) is 6.92 Å². The van der Waals surface area contributed by atoms with E-state index < -0.39 is 6.10 Å². The summed E-state index contributed by atoms with van der Waals surface area (Å²) in [5, 5.41) is 12.0. The molecule has 0 fully saturated rings. The van der Waals surface area contributed by atoms with Gasteiger partial charge >= 0.3 is 0 Å². The van der Waals surface area contributed by atoms with Gasteiger partial charge in [-0.2, -0.15) is 0 Å². The van der Waals surface area contributed by atoms with Crippen LogP contribution in [0.2, 0.25) is 0 Å². The van der Waals surface area contributed by atoms with Crippen LogP contribution in [-0.2, 0) is 16.0 Å². The molecule has 0 radical (unpaired) electrons. The number of aliphatic hydroxyl groups is 1. The fourth-order valence-electron chi connectivity index (χ4n) is 1.44. The summed E-state index contributed by atoms with van der Waals surface area (Å²) < 4.78 is 4.77. The van der Waals surface area contributed by atoms with E-state index in [-0.39, 0.29) is 19.1 Å². The Hall–Kier alpha value is -1.39. The highest BCUT2D eigenvalue weighted by Crippen LogP contribution is 2.03. The molecule has 0 heterocycles. The predicted molar refractivity (Wildman–Crippen MR) is 65.8 cm³/mol. The molecule has 0 spiro atoms. The highest BCUT2D eigenvalue weighted by atomic mass is 16.5. The quantitative estimate of drug-likeness (QED) is 0.764. The minimum Gasteiger partial charge on any atom is -0.389 e. The van der Waals surface area contributed by atoms with Gasteiger partial charge in [0.1, 0.15) is 0 Å². The highest BCUT2D eigenvalue weighted by molar-refractivity contribution is 5.78. The van der Waals surface area contributed by atoms with Crippen molar-refractivity contribution >= 4 is 5.91 Å². The van der Waals surface area contributed by atoms with Crippen molar-refractivity contribution in [3.63, 3.8) is 0 Å². The lowest BCUT2D eigenvalue weighted by Crippen LogP contribution is -2.35. The minimum absolute atomic E-state index is 0.0935. The molecule has 4 nitrogen and oxygen atoms in total. The molecular formula is C13H19NO3. The van der Waals surface area contributed by atoms with Gasteiger partial charge in [0, 0.05) is 13.7 Å². The van der Waals surface area contributed by atoms with Crippen molar-refractivity contribution in [1.29, 1.82) is 0 Å². The Bertz CT molecular complexity index is 348. The summed E-state index contributed by atoms with van der Waals surface area (Å²) >= 11 is 0. The number of aliphatic hydroxyl groups excluding tert-OH is 1. The van der Waals surface area contributed by atoms with Crippen molar-refractivity contribution in [2.75, 3.05) is 20.3 Å². The third-order valence-electron chi connectivity index (χ3n) is 2.38. The number of benzene rings is 1. The van der Waals surface area contributed by atoms with E-state index in [0.29, 0.717) is 6.42 Å². The lowest BCUT2D eigenvalue weighted by Gasteiger charge is -2.10. The molecule has 94 valence electrons. The zero-order chi connectivity index (χ0) is 12.7. The van der Waals surface area contributed by atoms with E-state index in [2.05, 4.69) is 5.32 Å². The van der Waals surface area contributed by atoms with Crippen LogP contribution in [0.4, 0.5) is 0 Å². The van der Waals surface area contributed by atoms with E-state index in [1.165, 1.54) is 12.7 Å². The molecule has 1 aromatic rings. The lowest BCUT2D eigenvalue weighted by molar-refractivity contribution is -0.121. The molecule has 0 saturated carbocycles. The monoisotopic (exact) mass is 237 g/mol. The van der Waals surface area contributed by atoms with Gasteiger partial charge in [0.2, 0.25) is 5.91 Å². The topological polar surface area (TPSA) is 58.6 Å². The van der Waals surface area contributed by atoms with Gasteiger partial charge in [-0.1, -0.05) is 29.8 Å². The van der Waals surface area contributed by atoms with E-state index in [4.69, 9.17) is 4.74 Å². The first-order valence-electron chi connectivity index (χ1n) is 5.61. The average Bonchev–Trinajstić information content (AvgIpc) is 2.30. The van der Waals surface area contributed by atoms with Gasteiger partial charge in [-0.3, -0.25) is 4.79 Å². The van der Waals surface area contributed by atoms with Crippen LogP contribution in [0.5, 0.6) is 0 Å². The maximum absolute atomic E-state index is 11.5. The number of rotatable bonds is 6. The van der Waals surface area contributed by atoms with E-state index in [0.717, 1.165) is 5.56 Å². The molecule has 17 heavy (non-hydrogen) atoms. The van der Waals surface area contributed by atoms with Crippen molar-refractivity contribution in [3.05, 3.63) is 35.4 Å². The minimum atomic E-state index is -0.651. The maximum atomic E-state index is 11.5. The van der Waals surface area contributed by atoms with Crippen LogP contribution in [0.1, 0.15) is 11.1 Å². The number of carbonyl (C=O) groups is 1. The number of methoxy groups -OCH3 is 1. The molecule has 4 heteroatoms. The number of carbonyl (C=O) groups excluding carboxylic acids is 1. The summed E-state index contributed by atoms with van der Waals surface area (Å²) in [6, 6.07) is 7.81. The summed E-state index contributed by atoms with van der Waals surface area (Å²) in [6.07, 6.45) is -0.318. The average molecular weight is 237 g/mol. The second-order valence-electron chi connectivity index (χ2n) is 4.08. The van der Waals surface area contributed by atoms with Gasteiger partial charge < -0.3 is 15.2 Å². The van der Waals surface area contributed by atoms with Crippen LogP contribution in [0.3, 0.4) is 0 Å². The Balaban J connectivity index is 2.32. The summed E-state index contributed by atoms with van der Waals surface area (Å²) in [4.78, 5) is 11.5. The maximum Gasteiger partial charge on any atom is 0.224 e. The van der Waals surface area contributed by atoms with Gasteiger partial charge in [0.15, 0.2) is 0 Å². The van der Waals surface area contributed by atoms with Gasteiger partial charge in [-0.15, -0.1) is 0 Å². The van der Waals surface area contributed by atoms with Crippen LogP contribution < -0.4 is 5.32 Å². The zero-order valence-corrected chi connectivity index (χ0v) is 10.3. The van der Waals surface area contributed by atoms with Crippen LogP contribution >= 0.6 is 0 Å². The Labute approximate surface area is 102 Å². The summed E-state index contributed by atoms with van der Waals surface area (Å²) in [7, 11) is 1.51. The van der Waals surface area contributed by atoms with Gasteiger partial charge in [-0.25, -0.2) is 0 Å². The molecule has 0 saturated heterocycles. The molecule has 0 aliphatic rings. The van der Waals surface area contributed by atoms with Gasteiger partial charge in [0.25, 0.3) is 0 Å². The second kappa shape index (κ2) is 7.04. The number of aryl methyl sites for hydroxylation is 1. The number of hydrogen-bond donors (Lipinski definition) is 2. The Morgan fingerprint density at radius 1 is 1.41 bits per heavy atom. The molecule has 0 aliphatic carbocycles. The summed E-state index contributed by atoms with van der Waals surface area (Å²) in [6.45, 7) is 2.45. The molecule has 0 aliphatic heterocycles. The van der Waals surface area contributed by atoms with Gasteiger partial charge in [0.05, 0.1) is 19.1 Å². The van der Waals surface area contributed by atoms with Crippen molar-refractivity contribution < 1.29 is 14.6 Å². The van der Waals surface area contributed by atoms with E-state index in [1.807, 2.05) is 31.2 Å². The third-order valence-corrected chi connectivity index (χ3v) is 2.38. The fraction of sp³-hybridized carbons (Fsp3) is 0.462. The third kappa shape index (κ3) is 5.47. The Kier molecular flexibility index (Phi) is 5.66. The van der Waals surface area contributed by atoms with Crippen molar-refractivity contribution in [3.8, 4) is 0 Å². The van der Waals surface area contributed by atoms with E-state index in [1.54, 1.807) is 0 Å². The Morgan fingerprint density at radius 2 is 2.06 bits per heavy atom. The SMILES string of the molecule is COCC(O)CNC(=O)Cc1ccc(C)cc1. The normalized spacial score (nSPS) is 12.2. The molecule has 1 amide bonds. The van der Waals surface area contributed by atoms with Crippen molar-refractivity contribution in [1.82, 2.24) is 5.32 Å². The lowest BCUT2D eigenvalue weighted by atomic mass is 10.1. The summed E-state index contributed by atoms with van der Waals surface area (Å²) in [5.41, 5.74) is 2.14. The number of hydrogen-bond acceptors (Lipinski definition) is 3. The van der Waals surface area contributed by atoms with Crippen molar-refractivity contribution in [2.24, 2.45) is 0 Å². The van der Waals surface area contributed by atoms with E-state index in [9.17, 15) is 9.90 Å². The fourth-order valence-corrected chi connectivity index (χ4v) is 1.44. The van der Waals surface area contributed by atoms with Crippen LogP contribution in [0.15, 0.2) is 24.3 Å². The largest absolute Gasteiger partial charge is 0.389 e. The number of amides is 1. The molecule has 1 rings (SSSR count). The van der Waals surface area contributed by atoms with Gasteiger partial charge in [-0.05, 0) is 12.5 Å². The first-order valence-corrected chi connectivity index (χ1v) is 5.61. The molecule has 1 unspecified atom stereocenters. The summed E-state index contributed by atoms with van der Waals surface area (Å²) in [5.74, 6) is -0.0935. The van der Waals surface area contributed by atoms with E-state index >= 15 is 0 Å². The molecule has 2 N–H and O–H groups in total. The molecule has 0 aromatic heterocycles. The highest BCUT2D eigenvalue weighted by Gasteiger charge is 2.07. The number of ether oxygens (including phenoxy) is 1. The first kappa shape index (κ1) is 13.7. The predicted octanol–water partition coefficient (Wildman–Crippen LogP) is 0.661. The van der Waals surface area contributed by atoms with Crippen LogP contribution in [0.25, 0.3) is 0 Å². The van der Waals surface area contributed by atoms with Crippen molar-refractivity contribution in [2.45, 2.75) is 19.4 Å². The molecule has 1 atom stereocenters. The zero-order valence-electron chi connectivity index (χ0n) is 10.3. The Morgan fingerprint density at radius 3 is 2.65 bits per heavy atom. The molecule has 1 aromatic carbocycles. The van der Waals surface area contributed by atoms with Crippen LogP contribution in [-0.4, -0.2) is 37.4 Å². The first-order chi connectivity index (χ1) is 8.11. The smallest absolute Gasteiger partial charge is 0.224 e. The molecule has 0 bridgehead atoms. The standard InChI is InChI=1S/C13H19NO3/c1-10-3-5-11(6-4-10)7-13(16)14-8-12(15)9-17-2/h3-6,12,15H,7-9H2,1-2H3,(H,14,16). The number of nitrogens with one attached hydrogen (secondary N) is 1. The molecular weight excluding hydrogens is 218 g/mol.